The van der Waals surface area contributed by atoms with E-state index >= 15 is 0 Å². The summed E-state index contributed by atoms with van der Waals surface area (Å²) in [6.07, 6.45) is 1.86. The minimum absolute atomic E-state index is 0.0139. The normalized spacial score (nSPS) is 40.5. The summed E-state index contributed by atoms with van der Waals surface area (Å²) in [5.41, 5.74) is 0. The highest BCUT2D eigenvalue weighted by Gasteiger charge is 2.33. The Morgan fingerprint density at radius 2 is 1.50 bits per heavy atom. The molecule has 1 saturated carbocycles. The molecule has 0 amide bonds. The highest BCUT2D eigenvalue weighted by Crippen LogP contribution is 2.28. The maximum absolute atomic E-state index is 5.03. The van der Waals surface area contributed by atoms with Gasteiger partial charge in [-0.05, 0) is 18.8 Å². The van der Waals surface area contributed by atoms with E-state index in [0.29, 0.717) is 5.92 Å². The second kappa shape index (κ2) is 3.30. The molecule has 0 heterocycles. The number of hydrogen-bond donors (Lipinski definition) is 2. The van der Waals surface area contributed by atoms with Crippen LogP contribution in [0, 0.1) is 5.92 Å². The Balaban J connectivity index is 2.41. The maximum atomic E-state index is 5.03. The molecule has 0 aromatic carbocycles. The lowest BCUT2D eigenvalue weighted by molar-refractivity contribution is -0.0589. The van der Waals surface area contributed by atoms with Crippen molar-refractivity contribution in [2.45, 2.75) is 32.0 Å². The minimum atomic E-state index is -0.0139. The molecule has 1 rings (SSSR count). The van der Waals surface area contributed by atoms with Crippen molar-refractivity contribution in [3.05, 3.63) is 0 Å². The Bertz CT molecular complexity index is 97.9. The predicted octanol–water partition coefficient (Wildman–Crippen LogP) is -0.0659. The molecule has 2 unspecified atom stereocenters. The second-order valence-corrected chi connectivity index (χ2v) is 2.93. The Labute approximate surface area is 60.4 Å². The van der Waals surface area contributed by atoms with Crippen molar-refractivity contribution >= 4 is 0 Å². The van der Waals surface area contributed by atoms with Crippen molar-refractivity contribution in [2.24, 2.45) is 17.7 Å². The van der Waals surface area contributed by atoms with Crippen molar-refractivity contribution in [3.8, 4) is 0 Å². The van der Waals surface area contributed by atoms with E-state index in [1.807, 2.05) is 0 Å². The predicted molar refractivity (Wildman–Crippen MR) is 36.5 cm³/mol. The SMILES string of the molecule is CC1CC(ON)C(ON)C1. The van der Waals surface area contributed by atoms with E-state index in [9.17, 15) is 0 Å². The topological polar surface area (TPSA) is 70.5 Å². The maximum Gasteiger partial charge on any atom is 0.107 e. The molecule has 4 nitrogen and oxygen atoms in total. The van der Waals surface area contributed by atoms with Crippen LogP contribution in [0.2, 0.25) is 0 Å². The highest BCUT2D eigenvalue weighted by molar-refractivity contribution is 4.82. The number of hydrogen-bond acceptors (Lipinski definition) is 4. The van der Waals surface area contributed by atoms with E-state index in [4.69, 9.17) is 11.8 Å². The zero-order valence-electron chi connectivity index (χ0n) is 6.12. The van der Waals surface area contributed by atoms with Gasteiger partial charge in [0.25, 0.3) is 0 Å². The Morgan fingerprint density at radius 1 is 1.10 bits per heavy atom. The molecule has 1 aliphatic rings. The van der Waals surface area contributed by atoms with E-state index in [-0.39, 0.29) is 12.2 Å². The van der Waals surface area contributed by atoms with Crippen LogP contribution in [0.5, 0.6) is 0 Å². The van der Waals surface area contributed by atoms with Gasteiger partial charge in [0.05, 0.1) is 0 Å². The van der Waals surface area contributed by atoms with Gasteiger partial charge < -0.3 is 0 Å². The molecule has 0 saturated heterocycles. The molecule has 0 aromatic heterocycles. The Hall–Kier alpha value is -0.160. The average molecular weight is 146 g/mol. The van der Waals surface area contributed by atoms with E-state index < -0.39 is 0 Å². The van der Waals surface area contributed by atoms with Gasteiger partial charge >= 0.3 is 0 Å². The molecule has 0 aliphatic heterocycles. The zero-order chi connectivity index (χ0) is 7.56. The summed E-state index contributed by atoms with van der Waals surface area (Å²) < 4.78 is 0. The van der Waals surface area contributed by atoms with Gasteiger partial charge in [-0.25, -0.2) is 11.8 Å². The van der Waals surface area contributed by atoms with Gasteiger partial charge in [-0.2, -0.15) is 0 Å². The summed E-state index contributed by atoms with van der Waals surface area (Å²) in [6.45, 7) is 2.13. The molecule has 4 heteroatoms. The van der Waals surface area contributed by atoms with Crippen LogP contribution < -0.4 is 11.8 Å². The van der Waals surface area contributed by atoms with E-state index in [2.05, 4.69) is 16.6 Å². The minimum Gasteiger partial charge on any atom is -0.298 e. The summed E-state index contributed by atoms with van der Waals surface area (Å²) in [5, 5.41) is 0. The van der Waals surface area contributed by atoms with Gasteiger partial charge in [-0.1, -0.05) is 6.92 Å². The van der Waals surface area contributed by atoms with E-state index in [1.165, 1.54) is 0 Å². The molecule has 0 aromatic rings. The standard InChI is InChI=1S/C6H14N2O2/c1-4-2-5(9-7)6(3-4)10-8/h4-6H,2-3,7-8H2,1H3. The summed E-state index contributed by atoms with van der Waals surface area (Å²) in [5.74, 6) is 10.7. The molecular formula is C6H14N2O2. The van der Waals surface area contributed by atoms with Crippen LogP contribution >= 0.6 is 0 Å². The summed E-state index contributed by atoms with van der Waals surface area (Å²) in [4.78, 5) is 9.36. The monoisotopic (exact) mass is 146 g/mol. The molecule has 0 radical (unpaired) electrons. The van der Waals surface area contributed by atoms with Gasteiger partial charge in [-0.3, -0.25) is 9.68 Å². The first-order chi connectivity index (χ1) is 4.77. The van der Waals surface area contributed by atoms with Crippen molar-refractivity contribution in [3.63, 3.8) is 0 Å². The molecule has 0 bridgehead atoms. The van der Waals surface area contributed by atoms with Crippen molar-refractivity contribution in [2.75, 3.05) is 0 Å². The lowest BCUT2D eigenvalue weighted by Gasteiger charge is -2.13. The molecule has 4 N–H and O–H groups in total. The van der Waals surface area contributed by atoms with Crippen LogP contribution in [0.25, 0.3) is 0 Å². The molecule has 10 heavy (non-hydrogen) atoms. The third-order valence-corrected chi connectivity index (χ3v) is 2.03. The van der Waals surface area contributed by atoms with Crippen LogP contribution in [0.3, 0.4) is 0 Å². The van der Waals surface area contributed by atoms with Crippen LogP contribution in [-0.4, -0.2) is 12.2 Å². The first-order valence-corrected chi connectivity index (χ1v) is 3.49. The first kappa shape index (κ1) is 7.94. The van der Waals surface area contributed by atoms with Crippen molar-refractivity contribution in [1.29, 1.82) is 0 Å². The smallest absolute Gasteiger partial charge is 0.107 e. The van der Waals surface area contributed by atoms with E-state index in [0.717, 1.165) is 12.8 Å². The van der Waals surface area contributed by atoms with Crippen molar-refractivity contribution < 1.29 is 9.68 Å². The van der Waals surface area contributed by atoms with Gasteiger partial charge in [0.2, 0.25) is 0 Å². The van der Waals surface area contributed by atoms with Crippen molar-refractivity contribution in [1.82, 2.24) is 0 Å². The number of nitrogens with two attached hydrogens (primary N) is 2. The van der Waals surface area contributed by atoms with Gasteiger partial charge in [0.15, 0.2) is 0 Å². The lowest BCUT2D eigenvalue weighted by Crippen LogP contribution is -2.30. The highest BCUT2D eigenvalue weighted by atomic mass is 16.7. The molecule has 2 atom stereocenters. The lowest BCUT2D eigenvalue weighted by atomic mass is 10.1. The van der Waals surface area contributed by atoms with Crippen LogP contribution in [0.15, 0.2) is 0 Å². The Morgan fingerprint density at radius 3 is 1.80 bits per heavy atom. The third-order valence-electron chi connectivity index (χ3n) is 2.03. The first-order valence-electron chi connectivity index (χ1n) is 3.49. The second-order valence-electron chi connectivity index (χ2n) is 2.93. The van der Waals surface area contributed by atoms with Crippen LogP contribution in [0.4, 0.5) is 0 Å². The van der Waals surface area contributed by atoms with Gasteiger partial charge in [0, 0.05) is 0 Å². The molecule has 0 spiro atoms. The fraction of sp³-hybridized carbons (Fsp3) is 1.00. The largest absolute Gasteiger partial charge is 0.298 e. The zero-order valence-corrected chi connectivity index (χ0v) is 6.12. The van der Waals surface area contributed by atoms with E-state index in [1.54, 1.807) is 0 Å². The van der Waals surface area contributed by atoms with Gasteiger partial charge in [0.1, 0.15) is 12.2 Å². The van der Waals surface area contributed by atoms with Crippen LogP contribution in [0.1, 0.15) is 19.8 Å². The summed E-state index contributed by atoms with van der Waals surface area (Å²) >= 11 is 0. The third kappa shape index (κ3) is 1.46. The fourth-order valence-corrected chi connectivity index (χ4v) is 1.48. The molecule has 60 valence electrons. The fourth-order valence-electron chi connectivity index (χ4n) is 1.48. The molecule has 1 aliphatic carbocycles. The average Bonchev–Trinajstić information content (AvgIpc) is 2.30. The molecular weight excluding hydrogens is 132 g/mol. The summed E-state index contributed by atoms with van der Waals surface area (Å²) in [7, 11) is 0. The quantitative estimate of drug-likeness (QED) is 0.535. The number of rotatable bonds is 2. The Kier molecular flexibility index (Phi) is 2.62. The van der Waals surface area contributed by atoms with Gasteiger partial charge in [-0.15, -0.1) is 0 Å². The summed E-state index contributed by atoms with van der Waals surface area (Å²) in [6, 6.07) is 0. The van der Waals surface area contributed by atoms with Crippen LogP contribution in [-0.2, 0) is 9.68 Å². The molecule has 1 fully saturated rings.